The van der Waals surface area contributed by atoms with Crippen LogP contribution in [0.15, 0.2) is 42.5 Å². The molecule has 2 aromatic carbocycles. The van der Waals surface area contributed by atoms with Gasteiger partial charge in [0, 0.05) is 15.6 Å². The maximum atomic E-state index is 13.6. The molecule has 0 saturated heterocycles. The molecule has 1 atom stereocenters. The molecule has 2 amide bonds. The Morgan fingerprint density at radius 1 is 1.08 bits per heavy atom. The molecular weight excluding hydrogens is 429 g/mol. The first kappa shape index (κ1) is 18.3. The molecule has 2 aromatic rings. The van der Waals surface area contributed by atoms with Gasteiger partial charge in [0.2, 0.25) is 11.8 Å². The highest BCUT2D eigenvalue weighted by Gasteiger charge is 2.21. The summed E-state index contributed by atoms with van der Waals surface area (Å²) in [6.45, 7) is 0. The molecule has 3 N–H and O–H groups in total. The van der Waals surface area contributed by atoms with Crippen molar-refractivity contribution in [3.8, 4) is 0 Å². The molecule has 0 heterocycles. The molecule has 0 aliphatic heterocycles. The number of nitrogens with two attached hydrogens (primary N) is 1. The number of halogens is 3. The van der Waals surface area contributed by atoms with Crippen LogP contribution < -0.4 is 11.1 Å². The zero-order chi connectivity index (χ0) is 17.7. The molecule has 126 valence electrons. The highest BCUT2D eigenvalue weighted by atomic mass is 127. The fourth-order valence-corrected chi connectivity index (χ4v) is 2.82. The van der Waals surface area contributed by atoms with Crippen LogP contribution in [-0.4, -0.2) is 17.9 Å². The summed E-state index contributed by atoms with van der Waals surface area (Å²) in [5.41, 5.74) is 5.84. The first-order valence-corrected chi connectivity index (χ1v) is 8.21. The minimum absolute atomic E-state index is 0.208. The van der Waals surface area contributed by atoms with E-state index in [9.17, 15) is 18.4 Å². The Labute approximate surface area is 151 Å². The summed E-state index contributed by atoms with van der Waals surface area (Å²) < 4.78 is 28.1. The topological polar surface area (TPSA) is 72.2 Å². The third kappa shape index (κ3) is 4.73. The number of hydrogen-bond donors (Lipinski definition) is 2. The van der Waals surface area contributed by atoms with Crippen LogP contribution in [0.2, 0.25) is 0 Å². The Bertz CT molecular complexity index is 748. The van der Waals surface area contributed by atoms with Crippen LogP contribution in [0.5, 0.6) is 0 Å². The van der Waals surface area contributed by atoms with Crippen molar-refractivity contribution < 1.29 is 18.4 Å². The van der Waals surface area contributed by atoms with Crippen molar-refractivity contribution in [2.45, 2.75) is 18.9 Å². The Balaban J connectivity index is 2.09. The van der Waals surface area contributed by atoms with Crippen molar-refractivity contribution in [3.05, 3.63) is 68.8 Å². The second-order valence-corrected chi connectivity index (χ2v) is 6.36. The van der Waals surface area contributed by atoms with Gasteiger partial charge in [-0.15, -0.1) is 0 Å². The number of carbonyl (C=O) groups excluding carboxylic acids is 2. The van der Waals surface area contributed by atoms with E-state index in [-0.39, 0.29) is 12.0 Å². The van der Waals surface area contributed by atoms with Gasteiger partial charge in [0.25, 0.3) is 0 Å². The zero-order valence-corrected chi connectivity index (χ0v) is 14.7. The van der Waals surface area contributed by atoms with Crippen LogP contribution in [-0.2, 0) is 22.4 Å². The Hall–Kier alpha value is -2.03. The molecular formula is C17H15F2IN2O2. The number of rotatable bonds is 6. The van der Waals surface area contributed by atoms with E-state index in [2.05, 4.69) is 27.9 Å². The summed E-state index contributed by atoms with van der Waals surface area (Å²) in [6.07, 6.45) is -0.298. The Morgan fingerprint density at radius 3 is 2.29 bits per heavy atom. The first-order valence-electron chi connectivity index (χ1n) is 7.13. The molecule has 0 spiro atoms. The molecule has 4 nitrogen and oxygen atoms in total. The van der Waals surface area contributed by atoms with Gasteiger partial charge in [0.15, 0.2) is 0 Å². The predicted molar refractivity (Wildman–Crippen MR) is 94.1 cm³/mol. The number of nitrogens with one attached hydrogen (secondary N) is 1. The lowest BCUT2D eigenvalue weighted by Gasteiger charge is -2.16. The van der Waals surface area contributed by atoms with Gasteiger partial charge in [-0.3, -0.25) is 9.59 Å². The smallest absolute Gasteiger partial charge is 0.240 e. The molecule has 0 radical (unpaired) electrons. The van der Waals surface area contributed by atoms with Gasteiger partial charge in [-0.05, 0) is 46.4 Å². The van der Waals surface area contributed by atoms with Crippen molar-refractivity contribution in [3.63, 3.8) is 0 Å². The molecule has 0 unspecified atom stereocenters. The van der Waals surface area contributed by atoms with E-state index in [4.69, 9.17) is 5.73 Å². The van der Waals surface area contributed by atoms with Crippen LogP contribution in [0.1, 0.15) is 11.1 Å². The van der Waals surface area contributed by atoms with Crippen LogP contribution in [0.3, 0.4) is 0 Å². The van der Waals surface area contributed by atoms with Crippen LogP contribution in [0, 0.1) is 15.2 Å². The largest absolute Gasteiger partial charge is 0.368 e. The van der Waals surface area contributed by atoms with E-state index in [1.807, 2.05) is 24.3 Å². The molecule has 0 aromatic heterocycles. The maximum absolute atomic E-state index is 13.6. The van der Waals surface area contributed by atoms with E-state index < -0.39 is 35.9 Å². The summed E-state index contributed by atoms with van der Waals surface area (Å²) >= 11 is 2.11. The SMILES string of the molecule is NC(=O)[C@H](Cc1ccccc1I)NC(=O)Cc1c(F)cccc1F. The molecule has 0 fully saturated rings. The van der Waals surface area contributed by atoms with Gasteiger partial charge in [0.05, 0.1) is 6.42 Å². The van der Waals surface area contributed by atoms with E-state index in [1.165, 1.54) is 6.07 Å². The van der Waals surface area contributed by atoms with Crippen molar-refractivity contribution >= 4 is 34.4 Å². The lowest BCUT2D eigenvalue weighted by atomic mass is 10.0. The second kappa shape index (κ2) is 8.18. The monoisotopic (exact) mass is 444 g/mol. The Kier molecular flexibility index (Phi) is 6.24. The zero-order valence-electron chi connectivity index (χ0n) is 12.6. The number of amides is 2. The highest BCUT2D eigenvalue weighted by Crippen LogP contribution is 2.15. The fraction of sp³-hybridized carbons (Fsp3) is 0.176. The second-order valence-electron chi connectivity index (χ2n) is 5.19. The van der Waals surface area contributed by atoms with Crippen LogP contribution in [0.4, 0.5) is 8.78 Å². The Morgan fingerprint density at radius 2 is 1.71 bits per heavy atom. The number of carbonyl (C=O) groups is 2. The normalized spacial score (nSPS) is 11.8. The van der Waals surface area contributed by atoms with Crippen molar-refractivity contribution in [1.29, 1.82) is 0 Å². The minimum atomic E-state index is -0.955. The average molecular weight is 444 g/mol. The standard InChI is InChI=1S/C17H15F2IN2O2/c18-12-5-3-6-13(19)11(12)9-16(23)22-15(17(21)24)8-10-4-1-2-7-14(10)20/h1-7,15H,8-9H2,(H2,21,24)(H,22,23)/t15-/m0/s1. The third-order valence-electron chi connectivity index (χ3n) is 3.46. The van der Waals surface area contributed by atoms with Gasteiger partial charge in [-0.25, -0.2) is 8.78 Å². The molecule has 0 bridgehead atoms. The summed E-state index contributed by atoms with van der Waals surface area (Å²) in [7, 11) is 0. The first-order chi connectivity index (χ1) is 11.4. The van der Waals surface area contributed by atoms with Gasteiger partial charge in [-0.2, -0.15) is 0 Å². The average Bonchev–Trinajstić information content (AvgIpc) is 2.52. The van der Waals surface area contributed by atoms with E-state index in [1.54, 1.807) is 0 Å². The summed E-state index contributed by atoms with van der Waals surface area (Å²) in [5, 5.41) is 2.44. The van der Waals surface area contributed by atoms with Crippen molar-refractivity contribution in [1.82, 2.24) is 5.32 Å². The molecule has 2 rings (SSSR count). The summed E-state index contributed by atoms with van der Waals surface area (Å²) in [6, 6.07) is 9.76. The van der Waals surface area contributed by atoms with E-state index >= 15 is 0 Å². The third-order valence-corrected chi connectivity index (χ3v) is 4.51. The lowest BCUT2D eigenvalue weighted by molar-refractivity contribution is -0.127. The molecule has 0 aliphatic carbocycles. The predicted octanol–water partition coefficient (Wildman–Crippen LogP) is 2.32. The summed E-state index contributed by atoms with van der Waals surface area (Å²) in [4.78, 5) is 23.6. The lowest BCUT2D eigenvalue weighted by Crippen LogP contribution is -2.46. The molecule has 0 aliphatic rings. The highest BCUT2D eigenvalue weighted by molar-refractivity contribution is 14.1. The van der Waals surface area contributed by atoms with Gasteiger partial charge in [0.1, 0.15) is 17.7 Å². The molecule has 7 heteroatoms. The quantitative estimate of drug-likeness (QED) is 0.672. The van der Waals surface area contributed by atoms with Crippen LogP contribution in [0.25, 0.3) is 0 Å². The van der Waals surface area contributed by atoms with E-state index in [0.717, 1.165) is 21.3 Å². The van der Waals surface area contributed by atoms with Crippen molar-refractivity contribution in [2.75, 3.05) is 0 Å². The van der Waals surface area contributed by atoms with Gasteiger partial charge >= 0.3 is 0 Å². The van der Waals surface area contributed by atoms with Crippen molar-refractivity contribution in [2.24, 2.45) is 5.73 Å². The summed E-state index contributed by atoms with van der Waals surface area (Å²) in [5.74, 6) is -3.00. The maximum Gasteiger partial charge on any atom is 0.240 e. The fourth-order valence-electron chi connectivity index (χ4n) is 2.21. The van der Waals surface area contributed by atoms with Gasteiger partial charge < -0.3 is 11.1 Å². The number of primary amides is 1. The van der Waals surface area contributed by atoms with E-state index in [0.29, 0.717) is 0 Å². The molecule has 24 heavy (non-hydrogen) atoms. The minimum Gasteiger partial charge on any atom is -0.368 e. The van der Waals surface area contributed by atoms with Crippen LogP contribution >= 0.6 is 22.6 Å². The number of hydrogen-bond acceptors (Lipinski definition) is 2. The number of benzene rings is 2. The molecule has 0 saturated carbocycles. The van der Waals surface area contributed by atoms with Gasteiger partial charge in [-0.1, -0.05) is 24.3 Å².